The first kappa shape index (κ1) is 18.4. The highest BCUT2D eigenvalue weighted by atomic mass is 16.1. The minimum atomic E-state index is -0.330. The van der Waals surface area contributed by atoms with E-state index in [2.05, 4.69) is 53.4 Å². The van der Waals surface area contributed by atoms with Crippen LogP contribution in [-0.4, -0.2) is 23.4 Å². The van der Waals surface area contributed by atoms with E-state index in [-0.39, 0.29) is 11.3 Å². The van der Waals surface area contributed by atoms with Crippen LogP contribution >= 0.6 is 0 Å². The number of likely N-dealkylation sites (tertiary alicyclic amines) is 1. The van der Waals surface area contributed by atoms with Gasteiger partial charge in [0.05, 0.1) is 0 Å². The summed E-state index contributed by atoms with van der Waals surface area (Å²) in [5.74, 6) is -0.330. The lowest BCUT2D eigenvalue weighted by molar-refractivity contribution is 0.0461. The average molecular weight is 385 g/mol. The zero-order valence-corrected chi connectivity index (χ0v) is 16.8. The van der Waals surface area contributed by atoms with E-state index in [4.69, 9.17) is 5.73 Å². The van der Waals surface area contributed by atoms with Crippen LogP contribution in [0.5, 0.6) is 0 Å². The van der Waals surface area contributed by atoms with Gasteiger partial charge in [0.25, 0.3) is 0 Å². The van der Waals surface area contributed by atoms with Crippen molar-refractivity contribution < 1.29 is 4.79 Å². The summed E-state index contributed by atoms with van der Waals surface area (Å²) in [7, 11) is 0. The quantitative estimate of drug-likeness (QED) is 0.686. The number of primary amides is 1. The number of nitrogens with two attached hydrogens (primary N) is 1. The average Bonchev–Trinajstić information content (AvgIpc) is 2.76. The van der Waals surface area contributed by atoms with Crippen molar-refractivity contribution in [2.24, 2.45) is 5.73 Å². The van der Waals surface area contributed by atoms with Gasteiger partial charge in [-0.3, -0.25) is 9.69 Å². The number of hydrogen-bond acceptors (Lipinski definition) is 2. The Bertz CT molecular complexity index is 1050. The van der Waals surface area contributed by atoms with Crippen LogP contribution in [0.2, 0.25) is 0 Å². The van der Waals surface area contributed by atoms with Gasteiger partial charge >= 0.3 is 0 Å². The molecule has 2 unspecified atom stereocenters. The molecule has 1 aliphatic carbocycles. The number of hydrogen-bond donors (Lipinski definition) is 1. The molecule has 0 spiro atoms. The van der Waals surface area contributed by atoms with Gasteiger partial charge in [-0.05, 0) is 71.7 Å². The molecule has 1 saturated heterocycles. The van der Waals surface area contributed by atoms with Crippen LogP contribution in [0.15, 0.2) is 66.7 Å². The Hall–Kier alpha value is -2.65. The number of carbonyl (C=O) groups is 1. The second-order valence-electron chi connectivity index (χ2n) is 8.83. The van der Waals surface area contributed by atoms with Crippen molar-refractivity contribution >= 4 is 16.7 Å². The van der Waals surface area contributed by atoms with Crippen LogP contribution in [0.4, 0.5) is 0 Å². The van der Waals surface area contributed by atoms with Gasteiger partial charge in [-0.15, -0.1) is 0 Å². The predicted molar refractivity (Wildman–Crippen MR) is 118 cm³/mol. The van der Waals surface area contributed by atoms with Gasteiger partial charge in [0.15, 0.2) is 0 Å². The maximum absolute atomic E-state index is 11.7. The van der Waals surface area contributed by atoms with Gasteiger partial charge in [0.1, 0.15) is 0 Å². The third-order valence-corrected chi connectivity index (χ3v) is 7.23. The Morgan fingerprint density at radius 3 is 2.76 bits per heavy atom. The number of amides is 1. The summed E-state index contributed by atoms with van der Waals surface area (Å²) in [5.41, 5.74) is 9.11. The van der Waals surface area contributed by atoms with Crippen molar-refractivity contribution in [3.63, 3.8) is 0 Å². The predicted octanol–water partition coefficient (Wildman–Crippen LogP) is 5.03. The molecule has 2 aliphatic rings. The number of fused-ring (bicyclic) bond motifs is 3. The van der Waals surface area contributed by atoms with Gasteiger partial charge in [-0.25, -0.2) is 0 Å². The number of benzene rings is 3. The Morgan fingerprint density at radius 2 is 1.86 bits per heavy atom. The second kappa shape index (κ2) is 7.31. The van der Waals surface area contributed by atoms with Gasteiger partial charge in [0.2, 0.25) is 5.91 Å². The minimum absolute atomic E-state index is 0.198. The van der Waals surface area contributed by atoms with E-state index in [1.54, 1.807) is 0 Å². The smallest absolute Gasteiger partial charge is 0.248 e. The fraction of sp³-hybridized carbons (Fsp3) is 0.346. The van der Waals surface area contributed by atoms with Crippen LogP contribution < -0.4 is 5.73 Å². The first-order valence-corrected chi connectivity index (χ1v) is 10.8. The van der Waals surface area contributed by atoms with Crippen LogP contribution in [0.3, 0.4) is 0 Å². The molecule has 3 heteroatoms. The number of nitrogens with zero attached hydrogens (tertiary/aromatic N) is 1. The summed E-state index contributed by atoms with van der Waals surface area (Å²) in [6.07, 6.45) is 6.06. The van der Waals surface area contributed by atoms with E-state index in [0.29, 0.717) is 11.6 Å². The van der Waals surface area contributed by atoms with Gasteiger partial charge in [-0.1, -0.05) is 61.0 Å². The van der Waals surface area contributed by atoms with E-state index >= 15 is 0 Å². The van der Waals surface area contributed by atoms with E-state index in [0.717, 1.165) is 19.5 Å². The lowest BCUT2D eigenvalue weighted by atomic mass is 9.63. The SMILES string of the molecule is NC(=O)c1cccc(C23CCCC(C2)N(Cc2cccc4ccccc24)CC3)c1. The first-order valence-electron chi connectivity index (χ1n) is 10.8. The molecular formula is C26H28N2O. The zero-order valence-electron chi connectivity index (χ0n) is 16.8. The molecule has 0 radical (unpaired) electrons. The standard InChI is InChI=1S/C26H28N2O/c27-25(29)20-8-4-10-22(16-20)26-13-5-11-23(17-26)28(15-14-26)18-21-9-3-7-19-6-1-2-12-24(19)21/h1-4,6-10,12,16,23H,5,11,13-15,17-18H2,(H2,27,29). The van der Waals surface area contributed by atoms with E-state index < -0.39 is 0 Å². The molecule has 2 fully saturated rings. The summed E-state index contributed by atoms with van der Waals surface area (Å²) in [6.45, 7) is 2.12. The zero-order chi connectivity index (χ0) is 19.8. The van der Waals surface area contributed by atoms with Gasteiger partial charge in [-0.2, -0.15) is 0 Å². The molecule has 2 N–H and O–H groups in total. The fourth-order valence-electron chi connectivity index (χ4n) is 5.68. The summed E-state index contributed by atoms with van der Waals surface area (Å²) >= 11 is 0. The Kier molecular flexibility index (Phi) is 4.63. The molecule has 1 heterocycles. The van der Waals surface area contributed by atoms with E-state index in [1.165, 1.54) is 47.6 Å². The lowest BCUT2D eigenvalue weighted by Crippen LogP contribution is -2.51. The molecule has 148 valence electrons. The number of rotatable bonds is 4. The molecule has 1 amide bonds. The molecule has 2 atom stereocenters. The van der Waals surface area contributed by atoms with Crippen LogP contribution in [0.25, 0.3) is 10.8 Å². The van der Waals surface area contributed by atoms with Crippen LogP contribution in [0, 0.1) is 0 Å². The van der Waals surface area contributed by atoms with Crippen molar-refractivity contribution in [2.45, 2.75) is 50.1 Å². The third-order valence-electron chi connectivity index (χ3n) is 7.23. The molecule has 29 heavy (non-hydrogen) atoms. The minimum Gasteiger partial charge on any atom is -0.366 e. The summed E-state index contributed by atoms with van der Waals surface area (Å²) in [5, 5.41) is 2.69. The first-order chi connectivity index (χ1) is 14.1. The van der Waals surface area contributed by atoms with Crippen molar-refractivity contribution in [3.05, 3.63) is 83.4 Å². The Balaban J connectivity index is 1.41. The fourth-order valence-corrected chi connectivity index (χ4v) is 5.68. The Morgan fingerprint density at radius 1 is 1.03 bits per heavy atom. The lowest BCUT2D eigenvalue weighted by Gasteiger charge is -2.51. The topological polar surface area (TPSA) is 46.3 Å². The highest BCUT2D eigenvalue weighted by Crippen LogP contribution is 2.47. The molecule has 1 saturated carbocycles. The Labute approximate surface area is 172 Å². The molecule has 3 aromatic carbocycles. The normalized spacial score (nSPS) is 24.5. The summed E-state index contributed by atoms with van der Waals surface area (Å²) < 4.78 is 0. The number of carbonyl (C=O) groups excluding carboxylic acids is 1. The molecule has 2 bridgehead atoms. The summed E-state index contributed by atoms with van der Waals surface area (Å²) in [6, 6.07) is 24.0. The van der Waals surface area contributed by atoms with E-state index in [9.17, 15) is 4.79 Å². The molecule has 0 aromatic heterocycles. The monoisotopic (exact) mass is 384 g/mol. The van der Waals surface area contributed by atoms with E-state index in [1.807, 2.05) is 18.2 Å². The van der Waals surface area contributed by atoms with Crippen molar-refractivity contribution in [1.29, 1.82) is 0 Å². The van der Waals surface area contributed by atoms with Crippen molar-refractivity contribution in [3.8, 4) is 0 Å². The third kappa shape index (κ3) is 3.34. The highest BCUT2D eigenvalue weighted by molar-refractivity contribution is 5.93. The number of piperidine rings is 1. The van der Waals surface area contributed by atoms with Crippen LogP contribution in [-0.2, 0) is 12.0 Å². The van der Waals surface area contributed by atoms with Gasteiger partial charge in [0, 0.05) is 18.2 Å². The molecule has 3 nitrogen and oxygen atoms in total. The maximum Gasteiger partial charge on any atom is 0.248 e. The van der Waals surface area contributed by atoms with Crippen LogP contribution in [0.1, 0.15) is 53.6 Å². The molecule has 1 aliphatic heterocycles. The van der Waals surface area contributed by atoms with Crippen molar-refractivity contribution in [2.75, 3.05) is 6.54 Å². The maximum atomic E-state index is 11.7. The molecular weight excluding hydrogens is 356 g/mol. The largest absolute Gasteiger partial charge is 0.366 e. The van der Waals surface area contributed by atoms with Crippen molar-refractivity contribution in [1.82, 2.24) is 4.90 Å². The summed E-state index contributed by atoms with van der Waals surface area (Å²) in [4.78, 5) is 14.4. The molecule has 5 rings (SSSR count). The molecule has 3 aromatic rings. The van der Waals surface area contributed by atoms with Gasteiger partial charge < -0.3 is 5.73 Å². The second-order valence-corrected chi connectivity index (χ2v) is 8.83. The highest BCUT2D eigenvalue weighted by Gasteiger charge is 2.43.